The minimum atomic E-state index is -0.430. The maximum absolute atomic E-state index is 12.9. The number of carbonyl (C=O) groups excluding carboxylic acids is 3. The Morgan fingerprint density at radius 1 is 1.12 bits per heavy atom. The van der Waals surface area contributed by atoms with Crippen molar-refractivity contribution in [1.29, 1.82) is 0 Å². The molecule has 2 aromatic carbocycles. The number of carbonyl (C=O) groups is 3. The summed E-state index contributed by atoms with van der Waals surface area (Å²) in [6.07, 6.45) is 6.91. The molecule has 2 amide bonds. The molecule has 0 saturated heterocycles. The first-order valence-electron chi connectivity index (χ1n) is 13.9. The van der Waals surface area contributed by atoms with E-state index in [1.165, 1.54) is 19.3 Å². The Hall–Kier alpha value is -3.59. The molecule has 1 aliphatic carbocycles. The van der Waals surface area contributed by atoms with E-state index in [1.54, 1.807) is 36.1 Å². The SMILES string of the molecule is CCOC(=O)CN1Cc2cc(OCCCC(=O)N(C)C3CCCCC3)ccc2N=C1NC(=O)c1ccccc1Cl. The van der Waals surface area contributed by atoms with Crippen LogP contribution in [0.25, 0.3) is 0 Å². The summed E-state index contributed by atoms with van der Waals surface area (Å²) in [5, 5.41) is 3.11. The molecule has 0 radical (unpaired) electrons. The van der Waals surface area contributed by atoms with E-state index in [9.17, 15) is 14.4 Å². The van der Waals surface area contributed by atoms with Crippen LogP contribution in [-0.2, 0) is 20.9 Å². The summed E-state index contributed by atoms with van der Waals surface area (Å²) in [6, 6.07) is 12.6. The molecule has 0 aromatic heterocycles. The first kappa shape index (κ1) is 29.4. The van der Waals surface area contributed by atoms with Gasteiger partial charge in [0.1, 0.15) is 12.3 Å². The van der Waals surface area contributed by atoms with E-state index in [0.29, 0.717) is 54.1 Å². The number of nitrogens with one attached hydrogen (secondary N) is 1. The number of nitrogens with zero attached hydrogens (tertiary/aromatic N) is 3. The second-order valence-electron chi connectivity index (χ2n) is 10.1. The fourth-order valence-corrected chi connectivity index (χ4v) is 5.25. The van der Waals surface area contributed by atoms with E-state index in [1.807, 2.05) is 30.1 Å². The van der Waals surface area contributed by atoms with Crippen LogP contribution in [0.5, 0.6) is 5.75 Å². The number of halogens is 1. The molecule has 0 bridgehead atoms. The van der Waals surface area contributed by atoms with Gasteiger partial charge < -0.3 is 19.3 Å². The summed E-state index contributed by atoms with van der Waals surface area (Å²) in [5.74, 6) is 0.198. The summed E-state index contributed by atoms with van der Waals surface area (Å²) < 4.78 is 11.1. The zero-order chi connectivity index (χ0) is 28.5. The molecule has 2 aliphatic rings. The Kier molecular flexibility index (Phi) is 10.4. The lowest BCUT2D eigenvalue weighted by Crippen LogP contribution is -2.47. The van der Waals surface area contributed by atoms with Gasteiger partial charge in [0.15, 0.2) is 0 Å². The summed E-state index contributed by atoms with van der Waals surface area (Å²) in [5.41, 5.74) is 1.80. The smallest absolute Gasteiger partial charge is 0.325 e. The molecule has 0 spiro atoms. The normalized spacial score (nSPS) is 15.1. The molecule has 40 heavy (non-hydrogen) atoms. The van der Waals surface area contributed by atoms with Crippen molar-refractivity contribution in [3.63, 3.8) is 0 Å². The summed E-state index contributed by atoms with van der Waals surface area (Å²) in [4.78, 5) is 46.0. The van der Waals surface area contributed by atoms with Crippen molar-refractivity contribution in [2.45, 2.75) is 64.5 Å². The highest BCUT2D eigenvalue weighted by Crippen LogP contribution is 2.30. The number of benzene rings is 2. The van der Waals surface area contributed by atoms with Gasteiger partial charge >= 0.3 is 5.97 Å². The molecule has 214 valence electrons. The van der Waals surface area contributed by atoms with E-state index in [4.69, 9.17) is 21.1 Å². The number of aliphatic imine (C=N–C) groups is 1. The van der Waals surface area contributed by atoms with Crippen molar-refractivity contribution in [3.8, 4) is 5.75 Å². The first-order valence-corrected chi connectivity index (χ1v) is 14.3. The van der Waals surface area contributed by atoms with Crippen LogP contribution >= 0.6 is 11.6 Å². The van der Waals surface area contributed by atoms with Crippen LogP contribution in [0.2, 0.25) is 5.02 Å². The van der Waals surface area contributed by atoms with E-state index in [2.05, 4.69) is 10.3 Å². The number of hydrogen-bond acceptors (Lipinski definition) is 7. The lowest BCUT2D eigenvalue weighted by molar-refractivity contribution is -0.143. The lowest BCUT2D eigenvalue weighted by atomic mass is 9.94. The lowest BCUT2D eigenvalue weighted by Gasteiger charge is -2.31. The molecular weight excluding hydrogens is 532 g/mol. The van der Waals surface area contributed by atoms with Crippen LogP contribution in [0.3, 0.4) is 0 Å². The second-order valence-corrected chi connectivity index (χ2v) is 10.5. The molecule has 1 aliphatic heterocycles. The number of amides is 2. The van der Waals surface area contributed by atoms with E-state index in [0.717, 1.165) is 18.4 Å². The molecular formula is C30H37ClN4O5. The number of esters is 1. The summed E-state index contributed by atoms with van der Waals surface area (Å²) >= 11 is 6.19. The molecule has 1 fully saturated rings. The van der Waals surface area contributed by atoms with Gasteiger partial charge in [0.25, 0.3) is 5.91 Å². The highest BCUT2D eigenvalue weighted by atomic mass is 35.5. The third kappa shape index (κ3) is 7.75. The molecule has 9 nitrogen and oxygen atoms in total. The van der Waals surface area contributed by atoms with Crippen molar-refractivity contribution < 1.29 is 23.9 Å². The van der Waals surface area contributed by atoms with Crippen LogP contribution in [0, 0.1) is 0 Å². The maximum atomic E-state index is 12.9. The summed E-state index contributed by atoms with van der Waals surface area (Å²) in [7, 11) is 1.91. The van der Waals surface area contributed by atoms with Gasteiger partial charge in [0, 0.05) is 31.6 Å². The van der Waals surface area contributed by atoms with Gasteiger partial charge in [-0.25, -0.2) is 4.99 Å². The number of hydrogen-bond donors (Lipinski definition) is 1. The van der Waals surface area contributed by atoms with Crippen LogP contribution in [-0.4, -0.2) is 66.4 Å². The second kappa shape index (κ2) is 14.2. The summed E-state index contributed by atoms with van der Waals surface area (Å²) in [6.45, 7) is 2.63. The fourth-order valence-electron chi connectivity index (χ4n) is 5.03. The zero-order valence-electron chi connectivity index (χ0n) is 23.2. The van der Waals surface area contributed by atoms with Crippen LogP contribution in [0.4, 0.5) is 5.69 Å². The third-order valence-electron chi connectivity index (χ3n) is 7.23. The Balaban J connectivity index is 1.39. The van der Waals surface area contributed by atoms with Gasteiger partial charge in [-0.3, -0.25) is 19.7 Å². The number of rotatable bonds is 10. The molecule has 10 heteroatoms. The third-order valence-corrected chi connectivity index (χ3v) is 7.56. The Bertz CT molecular complexity index is 1240. The van der Waals surface area contributed by atoms with E-state index < -0.39 is 11.9 Å². The molecule has 1 saturated carbocycles. The average Bonchev–Trinajstić information content (AvgIpc) is 2.96. The van der Waals surface area contributed by atoms with Crippen molar-refractivity contribution >= 4 is 41.0 Å². The van der Waals surface area contributed by atoms with Gasteiger partial charge in [-0.05, 0) is 56.5 Å². The number of ether oxygens (including phenoxy) is 2. The van der Waals surface area contributed by atoms with Gasteiger partial charge in [0.05, 0.1) is 29.5 Å². The van der Waals surface area contributed by atoms with Gasteiger partial charge in [-0.1, -0.05) is 43.0 Å². The standard InChI is InChI=1S/C30H37ClN4O5/c1-3-39-28(37)20-35-19-21-18-23(40-17-9-14-27(36)34(2)22-10-5-4-6-11-22)15-16-26(21)32-30(35)33-29(38)24-12-7-8-13-25(24)31/h7-8,12-13,15-16,18,22H,3-6,9-11,14,17,19-20H2,1-2H3,(H,32,33,38). The van der Waals surface area contributed by atoms with Crippen LogP contribution < -0.4 is 10.1 Å². The minimum Gasteiger partial charge on any atom is -0.494 e. The van der Waals surface area contributed by atoms with Crippen LogP contribution in [0.1, 0.15) is 67.8 Å². The first-order chi connectivity index (χ1) is 19.4. The molecule has 0 unspecified atom stereocenters. The largest absolute Gasteiger partial charge is 0.494 e. The molecule has 0 atom stereocenters. The van der Waals surface area contributed by atoms with Crippen molar-refractivity contribution in [2.24, 2.45) is 4.99 Å². The van der Waals surface area contributed by atoms with Crippen molar-refractivity contribution in [2.75, 3.05) is 26.8 Å². The van der Waals surface area contributed by atoms with E-state index in [-0.39, 0.29) is 25.0 Å². The fraction of sp³-hybridized carbons (Fsp3) is 0.467. The Labute approximate surface area is 240 Å². The van der Waals surface area contributed by atoms with Gasteiger partial charge in [0.2, 0.25) is 11.9 Å². The highest BCUT2D eigenvalue weighted by molar-refractivity contribution is 6.34. The van der Waals surface area contributed by atoms with Crippen LogP contribution in [0.15, 0.2) is 47.5 Å². The van der Waals surface area contributed by atoms with Gasteiger partial charge in [-0.2, -0.15) is 0 Å². The predicted molar refractivity (Wildman–Crippen MR) is 154 cm³/mol. The minimum absolute atomic E-state index is 0.0867. The zero-order valence-corrected chi connectivity index (χ0v) is 23.9. The highest BCUT2D eigenvalue weighted by Gasteiger charge is 2.26. The molecule has 1 heterocycles. The Morgan fingerprint density at radius 3 is 2.65 bits per heavy atom. The van der Waals surface area contributed by atoms with Crippen molar-refractivity contribution in [1.82, 2.24) is 15.1 Å². The maximum Gasteiger partial charge on any atom is 0.325 e. The molecule has 4 rings (SSSR count). The monoisotopic (exact) mass is 568 g/mol. The van der Waals surface area contributed by atoms with Crippen molar-refractivity contribution in [3.05, 3.63) is 58.6 Å². The van der Waals surface area contributed by atoms with Gasteiger partial charge in [-0.15, -0.1) is 0 Å². The Morgan fingerprint density at radius 2 is 1.90 bits per heavy atom. The number of fused-ring (bicyclic) bond motifs is 1. The quantitative estimate of drug-likeness (QED) is 0.317. The molecule has 1 N–H and O–H groups in total. The average molecular weight is 569 g/mol. The number of guanidine groups is 1. The van der Waals surface area contributed by atoms with E-state index >= 15 is 0 Å². The predicted octanol–water partition coefficient (Wildman–Crippen LogP) is 5.09. The molecule has 2 aromatic rings. The topological polar surface area (TPSA) is 101 Å².